The zero-order chi connectivity index (χ0) is 13.3. The lowest BCUT2D eigenvalue weighted by Gasteiger charge is -2.20. The van der Waals surface area contributed by atoms with Crippen molar-refractivity contribution < 1.29 is 17.9 Å². The molecule has 1 saturated heterocycles. The first-order chi connectivity index (χ1) is 8.46. The molecule has 2 heterocycles. The molecule has 0 aliphatic carbocycles. The van der Waals surface area contributed by atoms with E-state index in [1.807, 2.05) is 0 Å². The second-order valence-electron chi connectivity index (χ2n) is 3.88. The van der Waals surface area contributed by atoms with E-state index >= 15 is 0 Å². The number of methoxy groups -OCH3 is 1. The van der Waals surface area contributed by atoms with Gasteiger partial charge < -0.3 is 4.74 Å². The van der Waals surface area contributed by atoms with Gasteiger partial charge >= 0.3 is 5.97 Å². The molecule has 0 radical (unpaired) electrons. The number of carbonyl (C=O) groups excluding carboxylic acids is 1. The van der Waals surface area contributed by atoms with Crippen molar-refractivity contribution in [2.24, 2.45) is 0 Å². The van der Waals surface area contributed by atoms with Crippen LogP contribution in [0.4, 0.5) is 0 Å². The molecule has 0 saturated carbocycles. The fourth-order valence-electron chi connectivity index (χ4n) is 1.90. The Labute approximate surface area is 114 Å². The van der Waals surface area contributed by atoms with Crippen molar-refractivity contribution in [2.45, 2.75) is 22.0 Å². The molecule has 1 aromatic rings. The van der Waals surface area contributed by atoms with Crippen molar-refractivity contribution in [3.8, 4) is 0 Å². The summed E-state index contributed by atoms with van der Waals surface area (Å²) >= 11 is 7.07. The van der Waals surface area contributed by atoms with Gasteiger partial charge in [0.05, 0.1) is 7.11 Å². The Hall–Kier alpha value is -0.630. The number of rotatable bonds is 3. The number of ether oxygens (including phenoxy) is 1. The highest BCUT2D eigenvalue weighted by Crippen LogP contribution is 2.31. The van der Waals surface area contributed by atoms with Crippen molar-refractivity contribution in [3.05, 3.63) is 17.5 Å². The summed E-state index contributed by atoms with van der Waals surface area (Å²) in [6.45, 7) is 0.127. The molecular formula is C10H12ClNO4S2. The molecule has 18 heavy (non-hydrogen) atoms. The number of hydrogen-bond acceptors (Lipinski definition) is 5. The van der Waals surface area contributed by atoms with Crippen molar-refractivity contribution in [1.82, 2.24) is 4.31 Å². The van der Waals surface area contributed by atoms with Crippen LogP contribution in [-0.4, -0.2) is 43.8 Å². The average Bonchev–Trinajstić information content (AvgIpc) is 2.96. The Morgan fingerprint density at radius 2 is 2.33 bits per heavy atom. The Bertz CT molecular complexity index is 528. The quantitative estimate of drug-likeness (QED) is 0.623. The molecule has 5 nitrogen and oxygen atoms in total. The van der Waals surface area contributed by atoms with Crippen molar-refractivity contribution in [1.29, 1.82) is 0 Å². The molecule has 0 unspecified atom stereocenters. The molecule has 0 N–H and O–H groups in total. The van der Waals surface area contributed by atoms with Crippen LogP contribution in [-0.2, 0) is 19.6 Å². The molecule has 0 amide bonds. The highest BCUT2D eigenvalue weighted by atomic mass is 35.5. The lowest BCUT2D eigenvalue weighted by molar-refractivity contribution is -0.144. The third-order valence-corrected chi connectivity index (χ3v) is 6.30. The number of esters is 1. The molecule has 2 atom stereocenters. The van der Waals surface area contributed by atoms with Crippen LogP contribution >= 0.6 is 22.9 Å². The summed E-state index contributed by atoms with van der Waals surface area (Å²) in [5.41, 5.74) is 0. The smallest absolute Gasteiger partial charge is 0.324 e. The predicted molar refractivity (Wildman–Crippen MR) is 68.3 cm³/mol. The monoisotopic (exact) mass is 309 g/mol. The van der Waals surface area contributed by atoms with E-state index in [-0.39, 0.29) is 22.6 Å². The fourth-order valence-corrected chi connectivity index (χ4v) is 5.05. The maximum Gasteiger partial charge on any atom is 0.324 e. The number of halogens is 1. The van der Waals surface area contributed by atoms with Crippen LogP contribution in [0.2, 0.25) is 0 Å². The van der Waals surface area contributed by atoms with Gasteiger partial charge in [0.15, 0.2) is 0 Å². The first-order valence-corrected chi connectivity index (χ1v) is 7.99. The minimum atomic E-state index is -3.67. The second kappa shape index (κ2) is 5.16. The van der Waals surface area contributed by atoms with E-state index in [0.717, 1.165) is 15.6 Å². The summed E-state index contributed by atoms with van der Waals surface area (Å²) in [6, 6.07) is 2.33. The first kappa shape index (κ1) is 13.8. The van der Waals surface area contributed by atoms with E-state index < -0.39 is 22.0 Å². The molecule has 0 bridgehead atoms. The van der Waals surface area contributed by atoms with Crippen LogP contribution in [0.15, 0.2) is 21.7 Å². The lowest BCUT2D eigenvalue weighted by atomic mass is 10.2. The number of carbonyl (C=O) groups is 1. The Morgan fingerprint density at radius 1 is 1.61 bits per heavy atom. The van der Waals surface area contributed by atoms with E-state index in [1.54, 1.807) is 11.4 Å². The summed E-state index contributed by atoms with van der Waals surface area (Å²) in [6.07, 6.45) is 0.277. The minimum Gasteiger partial charge on any atom is -0.468 e. The van der Waals surface area contributed by atoms with E-state index in [9.17, 15) is 13.2 Å². The maximum absolute atomic E-state index is 12.3. The Balaban J connectivity index is 2.34. The molecule has 0 spiro atoms. The van der Waals surface area contributed by atoms with Crippen LogP contribution in [0, 0.1) is 0 Å². The fraction of sp³-hybridized carbons (Fsp3) is 0.500. The summed E-state index contributed by atoms with van der Waals surface area (Å²) in [7, 11) is -2.43. The zero-order valence-electron chi connectivity index (χ0n) is 9.58. The number of hydrogen-bond donors (Lipinski definition) is 0. The van der Waals surface area contributed by atoms with E-state index in [2.05, 4.69) is 4.74 Å². The number of sulfonamides is 1. The third kappa shape index (κ3) is 2.40. The van der Waals surface area contributed by atoms with Gasteiger partial charge in [0.1, 0.15) is 10.3 Å². The normalized spacial score (nSPS) is 25.2. The van der Waals surface area contributed by atoms with Gasteiger partial charge in [-0.3, -0.25) is 4.79 Å². The molecule has 0 aromatic carbocycles. The van der Waals surface area contributed by atoms with Gasteiger partial charge in [-0.15, -0.1) is 22.9 Å². The maximum atomic E-state index is 12.3. The number of thiophene rings is 1. The largest absolute Gasteiger partial charge is 0.468 e. The van der Waals surface area contributed by atoms with Gasteiger partial charge in [-0.25, -0.2) is 8.42 Å². The van der Waals surface area contributed by atoms with Gasteiger partial charge in [-0.2, -0.15) is 4.31 Å². The van der Waals surface area contributed by atoms with Gasteiger partial charge in [0.2, 0.25) is 0 Å². The van der Waals surface area contributed by atoms with Gasteiger partial charge in [0, 0.05) is 11.9 Å². The van der Waals surface area contributed by atoms with Crippen LogP contribution in [0.1, 0.15) is 6.42 Å². The van der Waals surface area contributed by atoms with Crippen LogP contribution in [0.25, 0.3) is 0 Å². The second-order valence-corrected chi connectivity index (χ2v) is 7.56. The molecule has 1 fully saturated rings. The standard InChI is InChI=1S/C10H12ClNO4S2/c1-16-10(13)8-5-7(11)6-12(8)18(14,15)9-3-2-4-17-9/h2-4,7-8H,5-6H2,1H3/t7-,8-/m1/s1. The average molecular weight is 310 g/mol. The lowest BCUT2D eigenvalue weighted by Crippen LogP contribution is -2.40. The predicted octanol–water partition coefficient (Wildman–Crippen LogP) is 1.29. The van der Waals surface area contributed by atoms with Crippen LogP contribution in [0.3, 0.4) is 0 Å². The van der Waals surface area contributed by atoms with Crippen molar-refractivity contribution >= 4 is 38.9 Å². The Morgan fingerprint density at radius 3 is 2.89 bits per heavy atom. The third-order valence-electron chi connectivity index (χ3n) is 2.74. The van der Waals surface area contributed by atoms with E-state index in [4.69, 9.17) is 11.6 Å². The topological polar surface area (TPSA) is 63.7 Å². The van der Waals surface area contributed by atoms with Crippen LogP contribution < -0.4 is 0 Å². The summed E-state index contributed by atoms with van der Waals surface area (Å²) < 4.78 is 30.6. The summed E-state index contributed by atoms with van der Waals surface area (Å²) in [4.78, 5) is 11.6. The summed E-state index contributed by atoms with van der Waals surface area (Å²) in [5, 5.41) is 1.30. The van der Waals surface area contributed by atoms with Gasteiger partial charge in [-0.1, -0.05) is 6.07 Å². The molecule has 100 valence electrons. The zero-order valence-corrected chi connectivity index (χ0v) is 12.0. The van der Waals surface area contributed by atoms with Crippen molar-refractivity contribution in [2.75, 3.05) is 13.7 Å². The molecule has 1 aliphatic heterocycles. The highest BCUT2D eigenvalue weighted by molar-refractivity contribution is 7.91. The molecule has 1 aromatic heterocycles. The molecule has 1 aliphatic rings. The minimum absolute atomic E-state index is 0.127. The van der Waals surface area contributed by atoms with E-state index in [0.29, 0.717) is 0 Å². The van der Waals surface area contributed by atoms with E-state index in [1.165, 1.54) is 13.2 Å². The first-order valence-electron chi connectivity index (χ1n) is 5.24. The molecule has 8 heteroatoms. The van der Waals surface area contributed by atoms with Gasteiger partial charge in [-0.05, 0) is 17.9 Å². The van der Waals surface area contributed by atoms with Gasteiger partial charge in [0.25, 0.3) is 10.0 Å². The van der Waals surface area contributed by atoms with Crippen LogP contribution in [0.5, 0.6) is 0 Å². The highest BCUT2D eigenvalue weighted by Gasteiger charge is 2.44. The summed E-state index contributed by atoms with van der Waals surface area (Å²) in [5.74, 6) is -0.571. The number of nitrogens with zero attached hydrogens (tertiary/aromatic N) is 1. The SMILES string of the molecule is COC(=O)[C@H]1C[C@@H](Cl)CN1S(=O)(=O)c1cccs1. The Kier molecular flexibility index (Phi) is 3.96. The van der Waals surface area contributed by atoms with Crippen molar-refractivity contribution in [3.63, 3.8) is 0 Å². The molecule has 2 rings (SSSR count). The number of alkyl halides is 1. The molecular weight excluding hydrogens is 298 g/mol.